The topological polar surface area (TPSA) is 49.7 Å². The number of hydrogen-bond donors (Lipinski definition) is 2. The van der Waals surface area contributed by atoms with Crippen LogP contribution in [0.4, 0.5) is 0 Å². The number of rotatable bonds is 2. The maximum atomic E-state index is 9.46. The average Bonchev–Trinajstić information content (AvgIpc) is 2.31. The van der Waals surface area contributed by atoms with Crippen molar-refractivity contribution in [2.24, 2.45) is 0 Å². The van der Waals surface area contributed by atoms with Gasteiger partial charge in [0, 0.05) is 0 Å². The fraction of sp³-hybridized carbons (Fsp3) is 0.333. The maximum Gasteiger partial charge on any atom is 0.111 e. The number of hydrogen-bond acceptors (Lipinski definition) is 3. The molecule has 0 fully saturated rings. The van der Waals surface area contributed by atoms with Crippen LogP contribution in [0.25, 0.3) is 0 Å². The van der Waals surface area contributed by atoms with Gasteiger partial charge in [-0.3, -0.25) is 0 Å². The second kappa shape index (κ2) is 4.57. The molecule has 3 atom stereocenters. The zero-order valence-corrected chi connectivity index (χ0v) is 8.28. The van der Waals surface area contributed by atoms with Crippen LogP contribution >= 0.6 is 0 Å². The van der Waals surface area contributed by atoms with Crippen LogP contribution in [-0.2, 0) is 4.74 Å². The van der Waals surface area contributed by atoms with E-state index in [1.807, 2.05) is 36.4 Å². The third kappa shape index (κ3) is 2.26. The largest absolute Gasteiger partial charge is 0.394 e. The number of benzene rings is 1. The van der Waals surface area contributed by atoms with Crippen LogP contribution in [0.1, 0.15) is 11.7 Å². The van der Waals surface area contributed by atoms with Gasteiger partial charge >= 0.3 is 0 Å². The van der Waals surface area contributed by atoms with Crippen molar-refractivity contribution in [2.75, 3.05) is 6.61 Å². The Bertz CT molecular complexity index is 334. The van der Waals surface area contributed by atoms with Gasteiger partial charge in [0.2, 0.25) is 0 Å². The zero-order valence-electron chi connectivity index (χ0n) is 8.28. The highest BCUT2D eigenvalue weighted by Gasteiger charge is 2.25. The third-order valence-corrected chi connectivity index (χ3v) is 2.49. The van der Waals surface area contributed by atoms with Crippen LogP contribution < -0.4 is 0 Å². The SMILES string of the molecule is OC[C@H]1O[C@@H](c2ccccc2)C=C[C@@H]1O. The Hall–Kier alpha value is -1.16. The molecule has 3 heteroatoms. The molecule has 0 aliphatic carbocycles. The van der Waals surface area contributed by atoms with E-state index in [9.17, 15) is 5.11 Å². The van der Waals surface area contributed by atoms with Crippen molar-refractivity contribution < 1.29 is 14.9 Å². The molecule has 2 N–H and O–H groups in total. The lowest BCUT2D eigenvalue weighted by molar-refractivity contribution is -0.0805. The normalized spacial score (nSPS) is 30.4. The van der Waals surface area contributed by atoms with E-state index >= 15 is 0 Å². The second-order valence-electron chi connectivity index (χ2n) is 3.56. The van der Waals surface area contributed by atoms with Gasteiger partial charge in [0.1, 0.15) is 18.3 Å². The summed E-state index contributed by atoms with van der Waals surface area (Å²) in [5.41, 5.74) is 1.03. The molecule has 1 aliphatic rings. The van der Waals surface area contributed by atoms with Crippen LogP contribution in [0.5, 0.6) is 0 Å². The lowest BCUT2D eigenvalue weighted by atomic mass is 10.0. The summed E-state index contributed by atoms with van der Waals surface area (Å²) in [5, 5.41) is 18.5. The molecule has 1 heterocycles. The monoisotopic (exact) mass is 206 g/mol. The molecule has 0 aromatic heterocycles. The van der Waals surface area contributed by atoms with Gasteiger partial charge in [-0.25, -0.2) is 0 Å². The minimum absolute atomic E-state index is 0.172. The molecule has 0 unspecified atom stereocenters. The lowest BCUT2D eigenvalue weighted by Crippen LogP contribution is -2.34. The van der Waals surface area contributed by atoms with Crippen molar-refractivity contribution in [3.05, 3.63) is 48.0 Å². The van der Waals surface area contributed by atoms with Crippen LogP contribution in [0.3, 0.4) is 0 Å². The highest BCUT2D eigenvalue weighted by molar-refractivity contribution is 5.23. The first-order chi connectivity index (χ1) is 7.31. The summed E-state index contributed by atoms with van der Waals surface area (Å²) >= 11 is 0. The van der Waals surface area contributed by atoms with Crippen molar-refractivity contribution in [3.63, 3.8) is 0 Å². The third-order valence-electron chi connectivity index (χ3n) is 2.49. The zero-order chi connectivity index (χ0) is 10.7. The molecular weight excluding hydrogens is 192 g/mol. The minimum Gasteiger partial charge on any atom is -0.394 e. The Morgan fingerprint density at radius 1 is 1.13 bits per heavy atom. The van der Waals surface area contributed by atoms with E-state index in [4.69, 9.17) is 9.84 Å². The van der Waals surface area contributed by atoms with E-state index in [1.165, 1.54) is 0 Å². The molecule has 0 spiro atoms. The van der Waals surface area contributed by atoms with E-state index in [-0.39, 0.29) is 12.7 Å². The predicted octanol–water partition coefficient (Wildman–Crippen LogP) is 1.04. The summed E-state index contributed by atoms with van der Waals surface area (Å²) in [6, 6.07) is 9.73. The van der Waals surface area contributed by atoms with Gasteiger partial charge < -0.3 is 14.9 Å². The first-order valence-corrected chi connectivity index (χ1v) is 4.99. The average molecular weight is 206 g/mol. The minimum atomic E-state index is -0.713. The first-order valence-electron chi connectivity index (χ1n) is 4.99. The molecule has 0 saturated carbocycles. The summed E-state index contributed by atoms with van der Waals surface area (Å²) in [4.78, 5) is 0. The smallest absolute Gasteiger partial charge is 0.111 e. The van der Waals surface area contributed by atoms with Crippen LogP contribution in [-0.4, -0.2) is 29.0 Å². The van der Waals surface area contributed by atoms with Gasteiger partial charge in [-0.05, 0) is 5.56 Å². The number of aliphatic hydroxyl groups excluding tert-OH is 2. The molecule has 1 aliphatic heterocycles. The van der Waals surface area contributed by atoms with E-state index in [2.05, 4.69) is 0 Å². The summed E-state index contributed by atoms with van der Waals surface area (Å²) in [6.45, 7) is -0.172. The molecular formula is C12H14O3. The Morgan fingerprint density at radius 2 is 1.87 bits per heavy atom. The lowest BCUT2D eigenvalue weighted by Gasteiger charge is -2.28. The molecule has 0 radical (unpaired) electrons. The molecule has 80 valence electrons. The van der Waals surface area contributed by atoms with Gasteiger partial charge in [0.15, 0.2) is 0 Å². The Labute approximate surface area is 88.6 Å². The Kier molecular flexibility index (Phi) is 3.16. The Morgan fingerprint density at radius 3 is 2.53 bits per heavy atom. The molecule has 0 amide bonds. The van der Waals surface area contributed by atoms with Crippen molar-refractivity contribution >= 4 is 0 Å². The van der Waals surface area contributed by atoms with Gasteiger partial charge in [-0.15, -0.1) is 0 Å². The summed E-state index contributed by atoms with van der Waals surface area (Å²) < 4.78 is 5.55. The quantitative estimate of drug-likeness (QED) is 0.711. The molecule has 3 nitrogen and oxygen atoms in total. The molecule has 2 rings (SSSR count). The first kappa shape index (κ1) is 10.4. The molecule has 15 heavy (non-hydrogen) atoms. The fourth-order valence-corrected chi connectivity index (χ4v) is 1.64. The molecule has 0 saturated heterocycles. The summed E-state index contributed by atoms with van der Waals surface area (Å²) in [5.74, 6) is 0. The van der Waals surface area contributed by atoms with Gasteiger partial charge in [0.25, 0.3) is 0 Å². The summed E-state index contributed by atoms with van der Waals surface area (Å²) in [7, 11) is 0. The van der Waals surface area contributed by atoms with Crippen LogP contribution in [0.2, 0.25) is 0 Å². The van der Waals surface area contributed by atoms with Crippen LogP contribution in [0, 0.1) is 0 Å². The van der Waals surface area contributed by atoms with Gasteiger partial charge in [0.05, 0.1) is 6.61 Å². The van der Waals surface area contributed by atoms with Crippen molar-refractivity contribution in [3.8, 4) is 0 Å². The van der Waals surface area contributed by atoms with E-state index < -0.39 is 12.2 Å². The highest BCUT2D eigenvalue weighted by atomic mass is 16.5. The molecule has 0 bridgehead atoms. The molecule has 1 aromatic carbocycles. The molecule has 1 aromatic rings. The van der Waals surface area contributed by atoms with Crippen LogP contribution in [0.15, 0.2) is 42.5 Å². The second-order valence-corrected chi connectivity index (χ2v) is 3.56. The summed E-state index contributed by atoms with van der Waals surface area (Å²) in [6.07, 6.45) is 2.07. The Balaban J connectivity index is 2.16. The van der Waals surface area contributed by atoms with Crippen molar-refractivity contribution in [1.29, 1.82) is 0 Å². The van der Waals surface area contributed by atoms with E-state index in [0.29, 0.717) is 0 Å². The highest BCUT2D eigenvalue weighted by Crippen LogP contribution is 2.25. The van der Waals surface area contributed by atoms with Crippen molar-refractivity contribution in [2.45, 2.75) is 18.3 Å². The van der Waals surface area contributed by atoms with Crippen molar-refractivity contribution in [1.82, 2.24) is 0 Å². The predicted molar refractivity (Wildman–Crippen MR) is 56.3 cm³/mol. The maximum absolute atomic E-state index is 9.46. The van der Waals surface area contributed by atoms with Gasteiger partial charge in [-0.1, -0.05) is 42.5 Å². The van der Waals surface area contributed by atoms with E-state index in [0.717, 1.165) is 5.56 Å². The fourth-order valence-electron chi connectivity index (χ4n) is 1.64. The van der Waals surface area contributed by atoms with Gasteiger partial charge in [-0.2, -0.15) is 0 Å². The number of aliphatic hydroxyl groups is 2. The van der Waals surface area contributed by atoms with E-state index in [1.54, 1.807) is 6.08 Å². The number of ether oxygens (including phenoxy) is 1. The standard InChI is InChI=1S/C12H14O3/c13-8-12-10(14)6-7-11(15-12)9-4-2-1-3-5-9/h1-7,10-14H,8H2/t10-,11+,12+/m0/s1.